The van der Waals surface area contributed by atoms with E-state index < -0.39 is 5.97 Å². The number of hydrogen-bond acceptors (Lipinski definition) is 5. The average Bonchev–Trinajstić information content (AvgIpc) is 3.08. The van der Waals surface area contributed by atoms with Crippen LogP contribution < -0.4 is 4.90 Å². The first-order valence-electron chi connectivity index (χ1n) is 16.1. The van der Waals surface area contributed by atoms with Gasteiger partial charge in [-0.2, -0.15) is 0 Å². The summed E-state index contributed by atoms with van der Waals surface area (Å²) in [4.78, 5) is 26.9. The maximum atomic E-state index is 12.9. The number of anilines is 3. The number of ether oxygens (including phenoxy) is 1. The molecule has 0 unspecified atom stereocenters. The highest BCUT2D eigenvalue weighted by Gasteiger charge is 2.19. The summed E-state index contributed by atoms with van der Waals surface area (Å²) in [6, 6.07) is 39.6. The van der Waals surface area contributed by atoms with E-state index >= 15 is 0 Å². The Bertz CT molecular complexity index is 1850. The number of benzene rings is 5. The standard InChI is InChI=1S/C43H43NO4/c1-42(2,3)34-18-24-37(25-19-34)44(38-26-20-35(21-27-38)43(4,5)6)36-22-16-30(17-23-36)29-8-10-31(11-9-29)39(45)28-40(46)32-12-14-33(15-13-32)41(47)48-7/h8-28,46H,1-7H3/b40-28-. The zero-order valence-electron chi connectivity index (χ0n) is 28.7. The summed E-state index contributed by atoms with van der Waals surface area (Å²) in [7, 11) is 1.31. The van der Waals surface area contributed by atoms with Crippen LogP contribution in [-0.2, 0) is 15.6 Å². The van der Waals surface area contributed by atoms with Crippen LogP contribution >= 0.6 is 0 Å². The summed E-state index contributed by atoms with van der Waals surface area (Å²) in [5.41, 5.74) is 9.14. The summed E-state index contributed by atoms with van der Waals surface area (Å²) >= 11 is 0. The molecule has 0 spiro atoms. The first-order chi connectivity index (χ1) is 22.7. The van der Waals surface area contributed by atoms with Crippen LogP contribution in [0.4, 0.5) is 17.1 Å². The largest absolute Gasteiger partial charge is 0.507 e. The molecule has 0 amide bonds. The lowest BCUT2D eigenvalue weighted by molar-refractivity contribution is 0.0600. The lowest BCUT2D eigenvalue weighted by atomic mass is 9.86. The van der Waals surface area contributed by atoms with E-state index in [0.29, 0.717) is 16.7 Å². The second-order valence-corrected chi connectivity index (χ2v) is 14.0. The number of esters is 1. The molecule has 0 heterocycles. The van der Waals surface area contributed by atoms with Crippen LogP contribution in [-0.4, -0.2) is 24.0 Å². The predicted octanol–water partition coefficient (Wildman–Crippen LogP) is 11.0. The molecular weight excluding hydrogens is 594 g/mol. The van der Waals surface area contributed by atoms with E-state index in [1.54, 1.807) is 36.4 Å². The van der Waals surface area contributed by atoms with Gasteiger partial charge in [-0.1, -0.05) is 114 Å². The second-order valence-electron chi connectivity index (χ2n) is 14.0. The van der Waals surface area contributed by atoms with E-state index in [-0.39, 0.29) is 22.4 Å². The Labute approximate surface area is 284 Å². The maximum Gasteiger partial charge on any atom is 0.337 e. The van der Waals surface area contributed by atoms with Crippen LogP contribution in [0.15, 0.2) is 127 Å². The lowest BCUT2D eigenvalue weighted by Gasteiger charge is -2.28. The maximum absolute atomic E-state index is 12.9. The molecule has 0 saturated carbocycles. The van der Waals surface area contributed by atoms with Crippen molar-refractivity contribution in [1.82, 2.24) is 0 Å². The van der Waals surface area contributed by atoms with Gasteiger partial charge in [-0.05, 0) is 81.6 Å². The molecule has 0 atom stereocenters. The Hall–Kier alpha value is -5.42. The lowest BCUT2D eigenvalue weighted by Crippen LogP contribution is -2.14. The number of allylic oxidation sites excluding steroid dienone is 1. The molecule has 48 heavy (non-hydrogen) atoms. The van der Waals surface area contributed by atoms with Crippen molar-refractivity contribution in [2.75, 3.05) is 12.0 Å². The second kappa shape index (κ2) is 13.7. The highest BCUT2D eigenvalue weighted by molar-refractivity contribution is 6.08. The Kier molecular flexibility index (Phi) is 9.72. The van der Waals surface area contributed by atoms with Crippen LogP contribution in [0.2, 0.25) is 0 Å². The Morgan fingerprint density at radius 1 is 0.542 bits per heavy atom. The smallest absolute Gasteiger partial charge is 0.337 e. The molecule has 0 aliphatic heterocycles. The van der Waals surface area contributed by atoms with Crippen LogP contribution in [0.3, 0.4) is 0 Å². The van der Waals surface area contributed by atoms with E-state index in [2.05, 4.69) is 119 Å². The minimum absolute atomic E-state index is 0.0649. The number of aliphatic hydroxyl groups is 1. The van der Waals surface area contributed by atoms with Gasteiger partial charge in [0.15, 0.2) is 5.78 Å². The molecule has 0 saturated heterocycles. The van der Waals surface area contributed by atoms with Crippen LogP contribution in [0.5, 0.6) is 0 Å². The van der Waals surface area contributed by atoms with Gasteiger partial charge in [0.25, 0.3) is 0 Å². The normalized spacial score (nSPS) is 12.0. The third-order valence-electron chi connectivity index (χ3n) is 8.48. The number of ketones is 1. The van der Waals surface area contributed by atoms with Gasteiger partial charge >= 0.3 is 5.97 Å². The van der Waals surface area contributed by atoms with Crippen molar-refractivity contribution in [3.63, 3.8) is 0 Å². The zero-order valence-corrected chi connectivity index (χ0v) is 28.7. The molecule has 0 fully saturated rings. The summed E-state index contributed by atoms with van der Waals surface area (Å²) in [6.07, 6.45) is 1.19. The Morgan fingerprint density at radius 2 is 0.896 bits per heavy atom. The number of carbonyl (C=O) groups is 2. The molecule has 5 nitrogen and oxygen atoms in total. The predicted molar refractivity (Wildman–Crippen MR) is 197 cm³/mol. The van der Waals surface area contributed by atoms with E-state index in [0.717, 1.165) is 28.2 Å². The van der Waals surface area contributed by atoms with Crippen molar-refractivity contribution in [2.45, 2.75) is 52.4 Å². The van der Waals surface area contributed by atoms with Crippen molar-refractivity contribution in [2.24, 2.45) is 0 Å². The van der Waals surface area contributed by atoms with Gasteiger partial charge in [0, 0.05) is 34.3 Å². The van der Waals surface area contributed by atoms with Crippen molar-refractivity contribution >= 4 is 34.6 Å². The number of nitrogens with zero attached hydrogens (tertiary/aromatic N) is 1. The topological polar surface area (TPSA) is 66.8 Å². The molecule has 0 bridgehead atoms. The van der Waals surface area contributed by atoms with Gasteiger partial charge in [0.2, 0.25) is 0 Å². The van der Waals surface area contributed by atoms with E-state index in [1.165, 1.54) is 24.3 Å². The van der Waals surface area contributed by atoms with Crippen LogP contribution in [0.25, 0.3) is 16.9 Å². The molecule has 5 aromatic rings. The molecule has 0 aromatic heterocycles. The van der Waals surface area contributed by atoms with Gasteiger partial charge in [-0.25, -0.2) is 4.79 Å². The molecule has 0 radical (unpaired) electrons. The fraction of sp³-hybridized carbons (Fsp3) is 0.209. The number of carbonyl (C=O) groups excluding carboxylic acids is 2. The number of methoxy groups -OCH3 is 1. The molecule has 0 aliphatic rings. The van der Waals surface area contributed by atoms with Gasteiger partial charge in [-0.3, -0.25) is 4.79 Å². The fourth-order valence-electron chi connectivity index (χ4n) is 5.48. The highest BCUT2D eigenvalue weighted by atomic mass is 16.5. The SMILES string of the molecule is COC(=O)c1ccc(/C(O)=C/C(=O)c2ccc(-c3ccc(N(c4ccc(C(C)(C)C)cc4)c4ccc(C(C)(C)C)cc4)cc3)cc2)cc1. The molecule has 5 heteroatoms. The summed E-state index contributed by atoms with van der Waals surface area (Å²) in [6.45, 7) is 13.3. The van der Waals surface area contributed by atoms with Crippen LogP contribution in [0, 0.1) is 0 Å². The quantitative estimate of drug-likeness (QED) is 0.0793. The minimum atomic E-state index is -0.468. The first kappa shape index (κ1) is 33.9. The first-order valence-corrected chi connectivity index (χ1v) is 16.1. The van der Waals surface area contributed by atoms with Gasteiger partial charge in [0.1, 0.15) is 5.76 Å². The molecule has 1 N–H and O–H groups in total. The minimum Gasteiger partial charge on any atom is -0.507 e. The van der Waals surface area contributed by atoms with Crippen molar-refractivity contribution in [3.8, 4) is 11.1 Å². The summed E-state index contributed by atoms with van der Waals surface area (Å²) in [5, 5.41) is 10.5. The monoisotopic (exact) mass is 637 g/mol. The molecule has 244 valence electrons. The van der Waals surface area contributed by atoms with Crippen molar-refractivity contribution in [1.29, 1.82) is 0 Å². The number of aliphatic hydroxyl groups excluding tert-OH is 1. The van der Waals surface area contributed by atoms with Crippen LogP contribution in [0.1, 0.15) is 78.9 Å². The zero-order chi connectivity index (χ0) is 34.6. The summed E-state index contributed by atoms with van der Waals surface area (Å²) < 4.78 is 4.71. The third-order valence-corrected chi connectivity index (χ3v) is 8.48. The molecule has 5 aromatic carbocycles. The highest BCUT2D eigenvalue weighted by Crippen LogP contribution is 2.38. The number of rotatable bonds is 8. The van der Waals surface area contributed by atoms with Crippen molar-refractivity contribution < 1.29 is 19.4 Å². The van der Waals surface area contributed by atoms with E-state index in [1.807, 2.05) is 12.1 Å². The molecule has 5 rings (SSSR count). The van der Waals surface area contributed by atoms with Gasteiger partial charge in [0.05, 0.1) is 12.7 Å². The molecule has 0 aliphatic carbocycles. The summed E-state index contributed by atoms with van der Waals surface area (Å²) in [5.74, 6) is -0.969. The fourth-order valence-corrected chi connectivity index (χ4v) is 5.48. The molecular formula is C43H43NO4. The van der Waals surface area contributed by atoms with Gasteiger partial charge < -0.3 is 14.7 Å². The Morgan fingerprint density at radius 3 is 1.29 bits per heavy atom. The number of hydrogen-bond donors (Lipinski definition) is 1. The van der Waals surface area contributed by atoms with E-state index in [4.69, 9.17) is 4.74 Å². The van der Waals surface area contributed by atoms with Gasteiger partial charge in [-0.15, -0.1) is 0 Å². The Balaban J connectivity index is 1.38. The average molecular weight is 638 g/mol. The third kappa shape index (κ3) is 7.75. The van der Waals surface area contributed by atoms with E-state index in [9.17, 15) is 14.7 Å². The van der Waals surface area contributed by atoms with Crippen molar-refractivity contribution in [3.05, 3.63) is 155 Å².